The average Bonchev–Trinajstić information content (AvgIpc) is 2.41. The number of nitrogen functional groups attached to an aromatic ring is 1. The number of carbonyl (C=O) groups is 1. The molecule has 0 aliphatic heterocycles. The number of hydrogen-bond donors (Lipinski definition) is 2. The van der Waals surface area contributed by atoms with E-state index in [1.54, 1.807) is 0 Å². The number of carboxylic acids is 1. The molecular formula is C13H10N2Na2O5S. The van der Waals surface area contributed by atoms with Crippen molar-refractivity contribution < 1.29 is 82.5 Å². The molecule has 0 amide bonds. The molecule has 0 aromatic heterocycles. The number of anilines is 2. The molecule has 0 radical (unpaired) electrons. The maximum atomic E-state index is 12.2. The van der Waals surface area contributed by atoms with Crippen molar-refractivity contribution in [3.63, 3.8) is 0 Å². The first-order chi connectivity index (χ1) is 9.81. The summed E-state index contributed by atoms with van der Waals surface area (Å²) >= 11 is 0. The number of carbonyl (C=O) groups excluding carboxylic acids is 1. The van der Waals surface area contributed by atoms with Crippen LogP contribution in [-0.4, -0.2) is 14.4 Å². The maximum Gasteiger partial charge on any atom is 1.00 e. The molecule has 3 N–H and O–H groups in total. The Bertz CT molecular complexity index is 812. The molecule has 0 spiro atoms. The normalized spacial score (nSPS) is 10.1. The number of nitrogens with two attached hydrogens (primary N) is 1. The summed E-state index contributed by atoms with van der Waals surface area (Å²) in [7, 11) is -4.07. The summed E-state index contributed by atoms with van der Waals surface area (Å²) in [4.78, 5) is 10.7. The molecule has 0 heterocycles. The zero-order valence-corrected chi connectivity index (χ0v) is 17.4. The van der Waals surface area contributed by atoms with Crippen LogP contribution in [0.2, 0.25) is 0 Å². The quantitative estimate of drug-likeness (QED) is 0.415. The molecule has 23 heavy (non-hydrogen) atoms. The van der Waals surface area contributed by atoms with Gasteiger partial charge in [-0.3, -0.25) is 4.72 Å². The predicted molar refractivity (Wildman–Crippen MR) is 71.9 cm³/mol. The van der Waals surface area contributed by atoms with Gasteiger partial charge in [-0.25, -0.2) is 8.42 Å². The fourth-order valence-electron chi connectivity index (χ4n) is 1.65. The van der Waals surface area contributed by atoms with E-state index >= 15 is 0 Å². The minimum atomic E-state index is -4.07. The van der Waals surface area contributed by atoms with Crippen LogP contribution in [0.1, 0.15) is 10.4 Å². The molecule has 0 atom stereocenters. The van der Waals surface area contributed by atoms with Crippen LogP contribution < -0.4 is 79.8 Å². The van der Waals surface area contributed by atoms with Crippen LogP contribution in [0.5, 0.6) is 5.75 Å². The van der Waals surface area contributed by atoms with Crippen LogP contribution in [0, 0.1) is 0 Å². The van der Waals surface area contributed by atoms with Gasteiger partial charge in [0.1, 0.15) is 0 Å². The van der Waals surface area contributed by atoms with E-state index in [0.717, 1.165) is 18.2 Å². The first-order valence-electron chi connectivity index (χ1n) is 5.71. The van der Waals surface area contributed by atoms with Crippen molar-refractivity contribution in [2.75, 3.05) is 10.5 Å². The molecule has 0 aliphatic carbocycles. The summed E-state index contributed by atoms with van der Waals surface area (Å²) in [6, 6.07) is 8.52. The van der Waals surface area contributed by atoms with Gasteiger partial charge in [-0.05, 0) is 18.2 Å². The Labute approximate surface area is 177 Å². The predicted octanol–water partition coefficient (Wildman–Crippen LogP) is -6.49. The third-order valence-corrected chi connectivity index (χ3v) is 4.05. The Morgan fingerprint density at radius 1 is 1.09 bits per heavy atom. The number of para-hydroxylation sites is 1. The summed E-state index contributed by atoms with van der Waals surface area (Å²) in [6.07, 6.45) is 0. The maximum absolute atomic E-state index is 12.2. The van der Waals surface area contributed by atoms with Crippen LogP contribution >= 0.6 is 0 Å². The van der Waals surface area contributed by atoms with E-state index in [4.69, 9.17) is 5.73 Å². The van der Waals surface area contributed by atoms with Crippen molar-refractivity contribution in [3.05, 3.63) is 48.0 Å². The van der Waals surface area contributed by atoms with Crippen molar-refractivity contribution in [1.82, 2.24) is 0 Å². The molecule has 0 saturated carbocycles. The second-order valence-corrected chi connectivity index (χ2v) is 5.82. The molecule has 0 unspecified atom stereocenters. The summed E-state index contributed by atoms with van der Waals surface area (Å²) in [5.74, 6) is -2.01. The van der Waals surface area contributed by atoms with Gasteiger partial charge >= 0.3 is 59.1 Å². The molecule has 2 aromatic carbocycles. The van der Waals surface area contributed by atoms with E-state index < -0.39 is 21.7 Å². The van der Waals surface area contributed by atoms with Gasteiger partial charge < -0.3 is 20.7 Å². The van der Waals surface area contributed by atoms with Crippen LogP contribution in [-0.2, 0) is 10.0 Å². The van der Waals surface area contributed by atoms with Crippen molar-refractivity contribution in [2.24, 2.45) is 0 Å². The van der Waals surface area contributed by atoms with Crippen LogP contribution in [0.15, 0.2) is 47.4 Å². The van der Waals surface area contributed by atoms with Crippen molar-refractivity contribution >= 4 is 27.4 Å². The Morgan fingerprint density at radius 3 is 2.26 bits per heavy atom. The summed E-state index contributed by atoms with van der Waals surface area (Å²) in [6.45, 7) is 0. The third kappa shape index (κ3) is 5.39. The molecule has 2 rings (SSSR count). The topological polar surface area (TPSA) is 135 Å². The Hall–Kier alpha value is -0.740. The van der Waals surface area contributed by atoms with Crippen LogP contribution in [0.25, 0.3) is 0 Å². The number of rotatable bonds is 4. The first-order valence-corrected chi connectivity index (χ1v) is 7.19. The van der Waals surface area contributed by atoms with Crippen molar-refractivity contribution in [3.8, 4) is 5.75 Å². The van der Waals surface area contributed by atoms with Gasteiger partial charge in [0.2, 0.25) is 0 Å². The summed E-state index contributed by atoms with van der Waals surface area (Å²) in [5.41, 5.74) is 4.73. The van der Waals surface area contributed by atoms with Gasteiger partial charge in [0.25, 0.3) is 10.0 Å². The molecule has 10 heteroatoms. The zero-order valence-electron chi connectivity index (χ0n) is 12.6. The molecule has 0 aliphatic rings. The van der Waals surface area contributed by atoms with Crippen LogP contribution in [0.3, 0.4) is 0 Å². The van der Waals surface area contributed by atoms with Gasteiger partial charge in [0.15, 0.2) is 0 Å². The zero-order chi connectivity index (χ0) is 15.6. The fourth-order valence-corrected chi connectivity index (χ4v) is 2.76. The van der Waals surface area contributed by atoms with E-state index in [1.165, 1.54) is 24.3 Å². The monoisotopic (exact) mass is 352 g/mol. The molecule has 110 valence electrons. The van der Waals surface area contributed by atoms with E-state index in [9.17, 15) is 23.4 Å². The fraction of sp³-hybridized carbons (Fsp3) is 0. The molecule has 0 saturated heterocycles. The molecule has 0 fully saturated rings. The molecule has 7 nitrogen and oxygen atoms in total. The van der Waals surface area contributed by atoms with E-state index in [0.29, 0.717) is 0 Å². The van der Waals surface area contributed by atoms with E-state index in [-0.39, 0.29) is 80.9 Å². The number of carboxylic acid groups (broad SMARTS) is 1. The van der Waals surface area contributed by atoms with Crippen LogP contribution in [0.4, 0.5) is 11.4 Å². The van der Waals surface area contributed by atoms with E-state index in [2.05, 4.69) is 4.72 Å². The first kappa shape index (κ1) is 22.3. The van der Waals surface area contributed by atoms with Crippen molar-refractivity contribution in [2.45, 2.75) is 4.90 Å². The Kier molecular flexibility index (Phi) is 8.64. The molecule has 0 bridgehead atoms. The van der Waals surface area contributed by atoms with Gasteiger partial charge in [0.05, 0.1) is 16.6 Å². The summed E-state index contributed by atoms with van der Waals surface area (Å²) < 4.78 is 26.4. The van der Waals surface area contributed by atoms with Gasteiger partial charge in [-0.2, -0.15) is 0 Å². The Balaban J connectivity index is 0.00000242. The molecule has 2 aromatic rings. The number of aromatic carboxylic acids is 1. The third-order valence-electron chi connectivity index (χ3n) is 2.68. The Morgan fingerprint density at radius 2 is 1.70 bits per heavy atom. The van der Waals surface area contributed by atoms with Gasteiger partial charge in [-0.1, -0.05) is 30.0 Å². The van der Waals surface area contributed by atoms with Gasteiger partial charge in [0, 0.05) is 11.3 Å². The second-order valence-electron chi connectivity index (χ2n) is 4.14. The number of sulfonamides is 1. The van der Waals surface area contributed by atoms with Gasteiger partial charge in [-0.15, -0.1) is 0 Å². The average molecular weight is 352 g/mol. The number of benzene rings is 2. The number of hydrogen-bond acceptors (Lipinski definition) is 6. The van der Waals surface area contributed by atoms with Crippen molar-refractivity contribution in [1.29, 1.82) is 0 Å². The minimum Gasteiger partial charge on any atom is -0.871 e. The largest absolute Gasteiger partial charge is 1.00 e. The molecular weight excluding hydrogens is 342 g/mol. The standard InChI is InChI=1S/C13H12N2O5S.2Na/c14-10-7-8(5-6-12(10)16)21(19,20)15-11-4-2-1-3-9(11)13(17)18;;/h1-7,15-16H,14H2,(H,17,18);;/q;2*+1/p-2. The smallest absolute Gasteiger partial charge is 0.871 e. The number of nitrogens with one attached hydrogen (secondary N) is 1. The minimum absolute atomic E-state index is 0. The second kappa shape index (κ2) is 8.93. The SMILES string of the molecule is Nc1cc(S(=O)(=O)Nc2ccccc2C(=O)[O-])ccc1[O-].[Na+].[Na+]. The summed E-state index contributed by atoms with van der Waals surface area (Å²) in [5, 5.41) is 22.1. The van der Waals surface area contributed by atoms with E-state index in [1.807, 2.05) is 0 Å².